The molecule has 4 rings (SSSR count). The minimum Gasteiger partial charge on any atom is -0.350 e. The van der Waals surface area contributed by atoms with E-state index in [2.05, 4.69) is 38.4 Å². The van der Waals surface area contributed by atoms with Gasteiger partial charge in [-0.25, -0.2) is 9.97 Å². The van der Waals surface area contributed by atoms with Crippen LogP contribution in [0.15, 0.2) is 36.7 Å². The maximum Gasteiger partial charge on any atom is 0.223 e. The summed E-state index contributed by atoms with van der Waals surface area (Å²) in [4.78, 5) is 16.2. The number of rotatable bonds is 5. The van der Waals surface area contributed by atoms with Crippen molar-refractivity contribution >= 4 is 5.95 Å². The number of piperidine rings is 1. The number of hydrogen-bond acceptors (Lipinski definition) is 5. The summed E-state index contributed by atoms with van der Waals surface area (Å²) in [6.07, 6.45) is 11.4. The van der Waals surface area contributed by atoms with E-state index in [0.717, 1.165) is 31.3 Å². The molecule has 1 aliphatic heterocycles. The summed E-state index contributed by atoms with van der Waals surface area (Å²) in [6, 6.07) is 8.64. The lowest BCUT2D eigenvalue weighted by Crippen LogP contribution is -2.42. The molecule has 2 fully saturated rings. The lowest BCUT2D eigenvalue weighted by atomic mass is 10.0. The van der Waals surface area contributed by atoms with Gasteiger partial charge in [0.1, 0.15) is 0 Å². The van der Waals surface area contributed by atoms with Crippen molar-refractivity contribution in [3.63, 3.8) is 0 Å². The molecular formula is C20H27N5. The van der Waals surface area contributed by atoms with Crippen molar-refractivity contribution < 1.29 is 0 Å². The van der Waals surface area contributed by atoms with E-state index in [0.29, 0.717) is 12.0 Å². The largest absolute Gasteiger partial charge is 0.350 e. The van der Waals surface area contributed by atoms with Crippen LogP contribution in [0.1, 0.15) is 55.8 Å². The third-order valence-corrected chi connectivity index (χ3v) is 5.40. The van der Waals surface area contributed by atoms with Gasteiger partial charge in [0.2, 0.25) is 5.95 Å². The number of aromatic nitrogens is 3. The molecule has 5 heteroatoms. The number of nitrogens with one attached hydrogen (secondary N) is 1. The van der Waals surface area contributed by atoms with E-state index in [1.165, 1.54) is 44.2 Å². The van der Waals surface area contributed by atoms with Crippen LogP contribution in [0.5, 0.6) is 0 Å². The molecule has 132 valence electrons. The summed E-state index contributed by atoms with van der Waals surface area (Å²) < 4.78 is 0. The first-order chi connectivity index (χ1) is 12.4. The zero-order valence-corrected chi connectivity index (χ0v) is 14.8. The van der Waals surface area contributed by atoms with E-state index in [9.17, 15) is 0 Å². The van der Waals surface area contributed by atoms with Crippen LogP contribution in [0.2, 0.25) is 0 Å². The zero-order chi connectivity index (χ0) is 16.9. The van der Waals surface area contributed by atoms with Crippen molar-refractivity contribution in [2.75, 3.05) is 18.4 Å². The second kappa shape index (κ2) is 7.91. The highest BCUT2D eigenvalue weighted by Gasteiger charge is 2.22. The molecule has 0 aromatic carbocycles. The molecular weight excluding hydrogens is 310 g/mol. The van der Waals surface area contributed by atoms with Gasteiger partial charge < -0.3 is 5.32 Å². The Morgan fingerprint density at radius 3 is 2.76 bits per heavy atom. The van der Waals surface area contributed by atoms with Crippen LogP contribution in [0.3, 0.4) is 0 Å². The second-order valence-corrected chi connectivity index (χ2v) is 7.33. The molecule has 2 aliphatic rings. The first-order valence-electron chi connectivity index (χ1n) is 9.58. The Morgan fingerprint density at radius 1 is 1.00 bits per heavy atom. The summed E-state index contributed by atoms with van der Waals surface area (Å²) >= 11 is 0. The van der Waals surface area contributed by atoms with Crippen LogP contribution >= 0.6 is 0 Å². The highest BCUT2D eigenvalue weighted by atomic mass is 15.2. The van der Waals surface area contributed by atoms with Crippen molar-refractivity contribution in [2.45, 2.75) is 57.0 Å². The van der Waals surface area contributed by atoms with Crippen LogP contribution in [0, 0.1) is 0 Å². The van der Waals surface area contributed by atoms with Crippen LogP contribution in [0.25, 0.3) is 0 Å². The molecule has 1 N–H and O–H groups in total. The SMILES string of the molecule is c1ccc(CN2CCC[C@@H](Nc3nccc(C4CCCC4)n3)C2)nc1. The van der Waals surface area contributed by atoms with E-state index in [-0.39, 0.29) is 0 Å². The number of nitrogens with zero attached hydrogens (tertiary/aromatic N) is 4. The van der Waals surface area contributed by atoms with Crippen LogP contribution in [-0.2, 0) is 6.54 Å². The zero-order valence-electron chi connectivity index (χ0n) is 14.8. The topological polar surface area (TPSA) is 53.9 Å². The predicted octanol–water partition coefficient (Wildman–Crippen LogP) is 3.61. The highest BCUT2D eigenvalue weighted by Crippen LogP contribution is 2.33. The minimum atomic E-state index is 0.413. The average molecular weight is 337 g/mol. The fourth-order valence-electron chi connectivity index (χ4n) is 4.11. The van der Waals surface area contributed by atoms with Gasteiger partial charge in [0.15, 0.2) is 0 Å². The van der Waals surface area contributed by atoms with Crippen molar-refractivity contribution in [3.8, 4) is 0 Å². The van der Waals surface area contributed by atoms with Crippen molar-refractivity contribution in [1.29, 1.82) is 0 Å². The summed E-state index contributed by atoms with van der Waals surface area (Å²) in [6.45, 7) is 3.08. The van der Waals surface area contributed by atoms with Crippen molar-refractivity contribution in [3.05, 3.63) is 48.0 Å². The van der Waals surface area contributed by atoms with Gasteiger partial charge in [-0.05, 0) is 50.4 Å². The highest BCUT2D eigenvalue weighted by molar-refractivity contribution is 5.28. The standard InChI is InChI=1S/C20H27N5/c1-2-7-16(6-1)19-10-12-22-20(24-19)23-18-9-5-13-25(15-18)14-17-8-3-4-11-21-17/h3-4,8,10-12,16,18H,1-2,5-7,9,13-15H2,(H,22,23,24)/t18-/m1/s1. The van der Waals surface area contributed by atoms with E-state index >= 15 is 0 Å². The van der Waals surface area contributed by atoms with Gasteiger partial charge in [-0.3, -0.25) is 9.88 Å². The second-order valence-electron chi connectivity index (χ2n) is 7.33. The molecule has 1 aliphatic carbocycles. The quantitative estimate of drug-likeness (QED) is 0.903. The Morgan fingerprint density at radius 2 is 1.92 bits per heavy atom. The van der Waals surface area contributed by atoms with Crippen molar-refractivity contribution in [1.82, 2.24) is 19.9 Å². The van der Waals surface area contributed by atoms with E-state index in [4.69, 9.17) is 4.98 Å². The molecule has 0 radical (unpaired) electrons. The van der Waals surface area contributed by atoms with Gasteiger partial charge in [-0.2, -0.15) is 0 Å². The Bertz CT molecular complexity index is 669. The van der Waals surface area contributed by atoms with E-state index in [1.54, 1.807) is 0 Å². The Labute approximate surface area is 149 Å². The summed E-state index contributed by atoms with van der Waals surface area (Å²) in [7, 11) is 0. The van der Waals surface area contributed by atoms with Crippen molar-refractivity contribution in [2.24, 2.45) is 0 Å². The third-order valence-electron chi connectivity index (χ3n) is 5.40. The minimum absolute atomic E-state index is 0.413. The molecule has 0 bridgehead atoms. The lowest BCUT2D eigenvalue weighted by molar-refractivity contribution is 0.206. The average Bonchev–Trinajstić information content (AvgIpc) is 3.18. The normalized spacial score (nSPS) is 22.2. The van der Waals surface area contributed by atoms with E-state index in [1.807, 2.05) is 18.5 Å². The van der Waals surface area contributed by atoms with Crippen LogP contribution in [-0.4, -0.2) is 39.0 Å². The molecule has 2 aromatic heterocycles. The molecule has 5 nitrogen and oxygen atoms in total. The monoisotopic (exact) mass is 337 g/mol. The molecule has 0 amide bonds. The first-order valence-corrected chi connectivity index (χ1v) is 9.58. The van der Waals surface area contributed by atoms with Crippen LogP contribution in [0.4, 0.5) is 5.95 Å². The van der Waals surface area contributed by atoms with Gasteiger partial charge >= 0.3 is 0 Å². The van der Waals surface area contributed by atoms with Gasteiger partial charge in [-0.1, -0.05) is 18.9 Å². The van der Waals surface area contributed by atoms with Gasteiger partial charge in [0, 0.05) is 43.1 Å². The fourth-order valence-corrected chi connectivity index (χ4v) is 4.11. The number of likely N-dealkylation sites (tertiary alicyclic amines) is 1. The molecule has 1 atom stereocenters. The van der Waals surface area contributed by atoms with Gasteiger partial charge in [0.25, 0.3) is 0 Å². The van der Waals surface area contributed by atoms with Crippen LogP contribution < -0.4 is 5.32 Å². The van der Waals surface area contributed by atoms with Gasteiger partial charge in [-0.15, -0.1) is 0 Å². The summed E-state index contributed by atoms with van der Waals surface area (Å²) in [5.74, 6) is 1.43. The number of hydrogen-bond donors (Lipinski definition) is 1. The Hall–Kier alpha value is -2.01. The lowest BCUT2D eigenvalue weighted by Gasteiger charge is -2.33. The molecule has 3 heterocycles. The molecule has 1 saturated heterocycles. The summed E-state index contributed by atoms with van der Waals surface area (Å²) in [5.41, 5.74) is 2.36. The maximum atomic E-state index is 4.80. The third kappa shape index (κ3) is 4.34. The fraction of sp³-hybridized carbons (Fsp3) is 0.550. The Balaban J connectivity index is 1.36. The van der Waals surface area contributed by atoms with E-state index < -0.39 is 0 Å². The molecule has 25 heavy (non-hydrogen) atoms. The van der Waals surface area contributed by atoms with Gasteiger partial charge in [0.05, 0.1) is 5.69 Å². The Kier molecular flexibility index (Phi) is 5.21. The number of pyridine rings is 1. The summed E-state index contributed by atoms with van der Waals surface area (Å²) in [5, 5.41) is 3.58. The smallest absolute Gasteiger partial charge is 0.223 e. The first kappa shape index (κ1) is 16.5. The maximum absolute atomic E-state index is 4.80. The molecule has 2 aromatic rings. The molecule has 0 spiro atoms. The predicted molar refractivity (Wildman–Crippen MR) is 99.4 cm³/mol. The molecule has 1 saturated carbocycles. The molecule has 0 unspecified atom stereocenters. The number of anilines is 1.